The van der Waals surface area contributed by atoms with E-state index in [4.69, 9.17) is 31.5 Å². The van der Waals surface area contributed by atoms with E-state index in [0.29, 0.717) is 33.7 Å². The molecule has 12 heteroatoms. The molecule has 2 aromatic rings. The normalized spacial score (nSPS) is 14.0. The molecule has 1 aromatic heterocycles. The molecule has 0 radical (unpaired) electrons. The van der Waals surface area contributed by atoms with Crippen LogP contribution in [0.5, 0.6) is 11.5 Å². The summed E-state index contributed by atoms with van der Waals surface area (Å²) in [4.78, 5) is 8.74. The number of anilines is 3. The van der Waals surface area contributed by atoms with E-state index in [2.05, 4.69) is 36.5 Å². The average molecular weight is 482 g/mol. The highest BCUT2D eigenvalue weighted by molar-refractivity contribution is 9.10. The quantitative estimate of drug-likeness (QED) is 0.362. The van der Waals surface area contributed by atoms with E-state index in [1.807, 2.05) is 19.1 Å². The number of benzene rings is 1. The summed E-state index contributed by atoms with van der Waals surface area (Å²) in [5, 5.41) is 32.6. The molecule has 0 spiro atoms. The van der Waals surface area contributed by atoms with Crippen molar-refractivity contribution < 1.29 is 9.47 Å². The Morgan fingerprint density at radius 1 is 1.26 bits per heavy atom. The van der Waals surface area contributed by atoms with E-state index >= 15 is 0 Å². The highest BCUT2D eigenvalue weighted by Gasteiger charge is 2.31. The van der Waals surface area contributed by atoms with Crippen molar-refractivity contribution in [3.63, 3.8) is 0 Å². The zero-order valence-electron chi connectivity index (χ0n) is 16.2. The van der Waals surface area contributed by atoms with E-state index in [1.165, 1.54) is 0 Å². The molecule has 0 saturated carbocycles. The number of nitrogens with zero attached hydrogens (tertiary/aromatic N) is 5. The second-order valence-corrected chi connectivity index (χ2v) is 6.97. The maximum Gasteiger partial charge on any atom is 0.211 e. The number of hydrogen-bond acceptors (Lipinski definition) is 11. The molecule has 1 aliphatic rings. The zero-order chi connectivity index (χ0) is 22.5. The summed E-state index contributed by atoms with van der Waals surface area (Å²) in [5.74, 6) is 1.11. The van der Waals surface area contributed by atoms with Crippen LogP contribution in [0.15, 0.2) is 21.6 Å². The SMILES string of the molecule is CCOc1cc(C2N=C(NC#N)Nc3nc(N)c(C#N)c(N)c32)cc(Br)c1OCC#N. The molecule has 0 bridgehead atoms. The van der Waals surface area contributed by atoms with E-state index < -0.39 is 6.04 Å². The van der Waals surface area contributed by atoms with Crippen LogP contribution in [0, 0.1) is 34.1 Å². The average Bonchev–Trinajstić information content (AvgIpc) is 2.73. The number of pyridine rings is 1. The van der Waals surface area contributed by atoms with E-state index in [1.54, 1.807) is 18.3 Å². The molecule has 3 rings (SSSR count). The van der Waals surface area contributed by atoms with E-state index in [0.717, 1.165) is 0 Å². The van der Waals surface area contributed by atoms with Crippen molar-refractivity contribution in [1.82, 2.24) is 10.3 Å². The third-order valence-corrected chi connectivity index (χ3v) is 4.88. The van der Waals surface area contributed by atoms with E-state index in [-0.39, 0.29) is 35.5 Å². The third kappa shape index (κ3) is 4.08. The summed E-state index contributed by atoms with van der Waals surface area (Å²) in [5.41, 5.74) is 13.3. The van der Waals surface area contributed by atoms with Gasteiger partial charge in [0.2, 0.25) is 5.96 Å². The van der Waals surface area contributed by atoms with Gasteiger partial charge in [0, 0.05) is 5.56 Å². The number of nitrogens with two attached hydrogens (primary N) is 2. The Labute approximate surface area is 186 Å². The lowest BCUT2D eigenvalue weighted by molar-refractivity contribution is 0.297. The first-order valence-electron chi connectivity index (χ1n) is 8.89. The molecular formula is C19H16BrN9O2. The first-order chi connectivity index (χ1) is 14.9. The molecular weight excluding hydrogens is 466 g/mol. The first-order valence-corrected chi connectivity index (χ1v) is 9.69. The Hall–Kier alpha value is -4.21. The van der Waals surface area contributed by atoms with Gasteiger partial charge < -0.3 is 26.3 Å². The van der Waals surface area contributed by atoms with Crippen LogP contribution in [0.1, 0.15) is 29.7 Å². The van der Waals surface area contributed by atoms with Crippen molar-refractivity contribution in [2.45, 2.75) is 13.0 Å². The Morgan fingerprint density at radius 3 is 2.68 bits per heavy atom. The van der Waals surface area contributed by atoms with Crippen LogP contribution in [0.25, 0.3) is 0 Å². The van der Waals surface area contributed by atoms with Gasteiger partial charge in [0.05, 0.1) is 16.8 Å². The Balaban J connectivity index is 2.23. The summed E-state index contributed by atoms with van der Waals surface area (Å²) < 4.78 is 11.7. The number of halogens is 1. The fourth-order valence-corrected chi connectivity index (χ4v) is 3.65. The second kappa shape index (κ2) is 9.08. The van der Waals surface area contributed by atoms with Gasteiger partial charge in [0.1, 0.15) is 35.4 Å². The lowest BCUT2D eigenvalue weighted by atomic mass is 9.95. The number of aromatic nitrogens is 1. The molecule has 1 atom stereocenters. The highest BCUT2D eigenvalue weighted by Crippen LogP contribution is 2.45. The molecule has 6 N–H and O–H groups in total. The molecule has 0 amide bonds. The zero-order valence-corrected chi connectivity index (χ0v) is 17.8. The van der Waals surface area contributed by atoms with Gasteiger partial charge >= 0.3 is 0 Å². The van der Waals surface area contributed by atoms with Gasteiger partial charge in [-0.1, -0.05) is 0 Å². The molecule has 0 aliphatic carbocycles. The fourth-order valence-electron chi connectivity index (χ4n) is 3.08. The molecule has 0 fully saturated rings. The molecule has 2 heterocycles. The summed E-state index contributed by atoms with van der Waals surface area (Å²) in [6.07, 6.45) is 1.80. The van der Waals surface area contributed by atoms with Crippen LogP contribution >= 0.6 is 15.9 Å². The highest BCUT2D eigenvalue weighted by atomic mass is 79.9. The summed E-state index contributed by atoms with van der Waals surface area (Å²) in [6, 6.07) is 6.54. The molecule has 0 saturated heterocycles. The lowest BCUT2D eigenvalue weighted by Crippen LogP contribution is -2.32. The van der Waals surface area contributed by atoms with E-state index in [9.17, 15) is 5.26 Å². The molecule has 1 aromatic carbocycles. The number of ether oxygens (including phenoxy) is 2. The molecule has 1 aliphatic heterocycles. The predicted molar refractivity (Wildman–Crippen MR) is 116 cm³/mol. The van der Waals surface area contributed by atoms with Crippen molar-refractivity contribution in [3.8, 4) is 29.8 Å². The second-order valence-electron chi connectivity index (χ2n) is 6.11. The molecule has 31 heavy (non-hydrogen) atoms. The number of guanidine groups is 1. The number of nitriles is 3. The molecule has 11 nitrogen and oxygen atoms in total. The van der Waals surface area contributed by atoms with Gasteiger partial charge in [-0.2, -0.15) is 15.8 Å². The van der Waals surface area contributed by atoms with Gasteiger partial charge in [0.25, 0.3) is 0 Å². The van der Waals surface area contributed by atoms with Crippen LogP contribution in [-0.2, 0) is 0 Å². The molecule has 156 valence electrons. The van der Waals surface area contributed by atoms with Crippen LogP contribution in [0.3, 0.4) is 0 Å². The fraction of sp³-hybridized carbons (Fsp3) is 0.211. The molecule has 1 unspecified atom stereocenters. The lowest BCUT2D eigenvalue weighted by Gasteiger charge is -2.27. The van der Waals surface area contributed by atoms with Crippen LogP contribution < -0.4 is 31.6 Å². The smallest absolute Gasteiger partial charge is 0.211 e. The van der Waals surface area contributed by atoms with Crippen molar-refractivity contribution >= 4 is 39.2 Å². The minimum atomic E-state index is -0.743. The van der Waals surface area contributed by atoms with Gasteiger partial charge in [-0.25, -0.2) is 9.98 Å². The van der Waals surface area contributed by atoms with Crippen LogP contribution in [0.2, 0.25) is 0 Å². The third-order valence-electron chi connectivity index (χ3n) is 4.29. The van der Waals surface area contributed by atoms with Crippen molar-refractivity contribution in [2.24, 2.45) is 4.99 Å². The minimum Gasteiger partial charge on any atom is -0.490 e. The summed E-state index contributed by atoms with van der Waals surface area (Å²) in [7, 11) is 0. The number of rotatable bonds is 5. The largest absolute Gasteiger partial charge is 0.490 e. The number of aliphatic imine (C=N–C) groups is 1. The predicted octanol–water partition coefficient (Wildman–Crippen LogP) is 2.12. The number of nitrogen functional groups attached to an aromatic ring is 2. The standard InChI is InChI=1S/C19H16BrN9O2/c1-2-30-12-6-9(5-11(20)16(12)31-4-3-21)15-13-14(24)10(7-22)17(25)28-18(13)29-19(27-15)26-8-23/h5-6,15H,2,4H2,1H3,(H6,24,25,26,27,28,29). The minimum absolute atomic E-state index is 0.0375. The number of fused-ring (bicyclic) bond motifs is 1. The van der Waals surface area contributed by atoms with Crippen molar-refractivity contribution in [2.75, 3.05) is 30.0 Å². The Morgan fingerprint density at radius 2 is 2.03 bits per heavy atom. The van der Waals surface area contributed by atoms with Gasteiger partial charge in [-0.05, 0) is 40.5 Å². The monoisotopic (exact) mass is 481 g/mol. The summed E-state index contributed by atoms with van der Waals surface area (Å²) >= 11 is 3.44. The Bertz CT molecular complexity index is 1190. The van der Waals surface area contributed by atoms with Crippen LogP contribution in [-0.4, -0.2) is 24.2 Å². The Kier molecular flexibility index (Phi) is 6.29. The maximum atomic E-state index is 9.44. The van der Waals surface area contributed by atoms with Crippen molar-refractivity contribution in [3.05, 3.63) is 33.3 Å². The summed E-state index contributed by atoms with van der Waals surface area (Å²) in [6.45, 7) is 2.00. The van der Waals surface area contributed by atoms with Crippen LogP contribution in [0.4, 0.5) is 17.3 Å². The topological polar surface area (TPSA) is 191 Å². The first kappa shape index (κ1) is 21.5. The van der Waals surface area contributed by atoms with Gasteiger partial charge in [-0.3, -0.25) is 5.32 Å². The number of nitrogens with one attached hydrogen (secondary N) is 2. The number of hydrogen-bond donors (Lipinski definition) is 4. The maximum absolute atomic E-state index is 9.44. The van der Waals surface area contributed by atoms with Gasteiger partial charge in [0.15, 0.2) is 24.3 Å². The van der Waals surface area contributed by atoms with Gasteiger partial charge in [-0.15, -0.1) is 0 Å². The van der Waals surface area contributed by atoms with Crippen molar-refractivity contribution in [1.29, 1.82) is 15.8 Å².